The Balaban J connectivity index is 1.40. The van der Waals surface area contributed by atoms with Gasteiger partial charge in [-0.15, -0.1) is 16.4 Å². The molecule has 0 radical (unpaired) electrons. The molecule has 0 saturated heterocycles. The van der Waals surface area contributed by atoms with Crippen LogP contribution in [0.5, 0.6) is 0 Å². The van der Waals surface area contributed by atoms with E-state index in [0.29, 0.717) is 16.2 Å². The number of hydrogen-bond acceptors (Lipinski definition) is 7. The second-order valence-corrected chi connectivity index (χ2v) is 8.72. The van der Waals surface area contributed by atoms with Crippen molar-refractivity contribution in [3.05, 3.63) is 63.0 Å². The predicted octanol–water partition coefficient (Wildman–Crippen LogP) is 2.82. The lowest BCUT2D eigenvalue weighted by molar-refractivity contribution is -0.116. The van der Waals surface area contributed by atoms with Crippen LogP contribution in [0, 0.1) is 11.3 Å². The molecule has 3 heterocycles. The van der Waals surface area contributed by atoms with Gasteiger partial charge in [0.1, 0.15) is 23.9 Å². The summed E-state index contributed by atoms with van der Waals surface area (Å²) in [5, 5.41) is 21.0. The van der Waals surface area contributed by atoms with Gasteiger partial charge in [-0.25, -0.2) is 4.98 Å². The zero-order valence-corrected chi connectivity index (χ0v) is 17.9. The van der Waals surface area contributed by atoms with E-state index in [1.54, 1.807) is 0 Å². The molecule has 0 unspecified atom stereocenters. The van der Waals surface area contributed by atoms with Crippen molar-refractivity contribution in [2.45, 2.75) is 38.6 Å². The highest BCUT2D eigenvalue weighted by molar-refractivity contribution is 7.16. The van der Waals surface area contributed by atoms with E-state index in [1.807, 2.05) is 30.3 Å². The Morgan fingerprint density at radius 1 is 1.19 bits per heavy atom. The molecule has 0 spiro atoms. The Labute approximate surface area is 186 Å². The third kappa shape index (κ3) is 3.56. The minimum absolute atomic E-state index is 0.0877. The van der Waals surface area contributed by atoms with Crippen LogP contribution in [-0.2, 0) is 24.2 Å². The van der Waals surface area contributed by atoms with Gasteiger partial charge < -0.3 is 5.32 Å². The molecular formula is C22H19N7O2S. The van der Waals surface area contributed by atoms with Crippen molar-refractivity contribution >= 4 is 33.4 Å². The summed E-state index contributed by atoms with van der Waals surface area (Å²) in [6, 6.07) is 11.5. The normalized spacial score (nSPS) is 13.3. The Hall–Kier alpha value is -3.84. The number of amides is 1. The zero-order valence-electron chi connectivity index (χ0n) is 17.1. The molecule has 32 heavy (non-hydrogen) atoms. The van der Waals surface area contributed by atoms with Gasteiger partial charge in [-0.1, -0.05) is 29.8 Å². The maximum atomic E-state index is 12.9. The van der Waals surface area contributed by atoms with E-state index in [0.717, 1.165) is 43.4 Å². The number of carbonyl (C=O) groups is 1. The first kappa shape index (κ1) is 20.1. The molecule has 0 bridgehead atoms. The molecule has 0 aliphatic heterocycles. The number of benzene rings is 1. The summed E-state index contributed by atoms with van der Waals surface area (Å²) in [5.41, 5.74) is 2.31. The smallest absolute Gasteiger partial charge is 0.284 e. The molecule has 1 amide bonds. The lowest BCUT2D eigenvalue weighted by atomic mass is 10.1. The maximum Gasteiger partial charge on any atom is 0.284 e. The van der Waals surface area contributed by atoms with Crippen LogP contribution in [0.4, 0.5) is 5.00 Å². The first-order valence-corrected chi connectivity index (χ1v) is 11.2. The van der Waals surface area contributed by atoms with Crippen molar-refractivity contribution in [1.29, 1.82) is 5.26 Å². The fraction of sp³-hybridized carbons (Fsp3) is 0.273. The van der Waals surface area contributed by atoms with Crippen LogP contribution in [0.15, 0.2) is 41.5 Å². The van der Waals surface area contributed by atoms with E-state index in [-0.39, 0.29) is 12.1 Å². The Morgan fingerprint density at radius 2 is 2.00 bits per heavy atom. The Kier molecular flexibility index (Phi) is 5.25. The summed E-state index contributed by atoms with van der Waals surface area (Å²) < 4.78 is 2.69. The number of aromatic nitrogens is 5. The van der Waals surface area contributed by atoms with Gasteiger partial charge in [0.25, 0.3) is 5.56 Å². The van der Waals surface area contributed by atoms with E-state index < -0.39 is 11.5 Å². The summed E-state index contributed by atoms with van der Waals surface area (Å²) in [7, 11) is 0. The van der Waals surface area contributed by atoms with Crippen LogP contribution in [0.25, 0.3) is 16.9 Å². The van der Waals surface area contributed by atoms with Gasteiger partial charge >= 0.3 is 0 Å². The topological polar surface area (TPSA) is 118 Å². The number of nitriles is 1. The van der Waals surface area contributed by atoms with Gasteiger partial charge in [0.05, 0.1) is 11.3 Å². The van der Waals surface area contributed by atoms with Crippen LogP contribution in [0.2, 0.25) is 0 Å². The zero-order chi connectivity index (χ0) is 22.1. The van der Waals surface area contributed by atoms with E-state index in [1.165, 1.54) is 31.8 Å². The van der Waals surface area contributed by atoms with E-state index >= 15 is 0 Å². The molecule has 9 nitrogen and oxygen atoms in total. The summed E-state index contributed by atoms with van der Waals surface area (Å²) in [6.45, 7) is -0.229. The number of para-hydroxylation sites is 1. The molecule has 1 aliphatic carbocycles. The van der Waals surface area contributed by atoms with Gasteiger partial charge in [-0.2, -0.15) is 9.94 Å². The Morgan fingerprint density at radius 3 is 2.81 bits per heavy atom. The standard InChI is InChI=1S/C22H19N7O2S/c23-11-16-15-9-5-2-6-10-17(15)32-21(16)25-18(30)12-28-13-24-20-19(22(28)31)26-27-29(20)14-7-3-1-4-8-14/h1,3-4,7-8,13H,2,5-6,9-10,12H2,(H,25,30). The highest BCUT2D eigenvalue weighted by Crippen LogP contribution is 2.36. The number of anilines is 1. The molecule has 3 aromatic heterocycles. The van der Waals surface area contributed by atoms with Crippen LogP contribution >= 0.6 is 11.3 Å². The fourth-order valence-corrected chi connectivity index (χ4v) is 5.23. The molecule has 10 heteroatoms. The lowest BCUT2D eigenvalue weighted by Crippen LogP contribution is -2.28. The van der Waals surface area contributed by atoms with Crippen molar-refractivity contribution in [3.63, 3.8) is 0 Å². The minimum atomic E-state index is -0.449. The first-order chi connectivity index (χ1) is 15.7. The largest absolute Gasteiger partial charge is 0.315 e. The molecule has 160 valence electrons. The predicted molar refractivity (Wildman–Crippen MR) is 120 cm³/mol. The molecule has 0 atom stereocenters. The average molecular weight is 446 g/mol. The molecule has 1 N–H and O–H groups in total. The molecular weight excluding hydrogens is 426 g/mol. The molecule has 1 aliphatic rings. The number of carbonyl (C=O) groups excluding carboxylic acids is 1. The monoisotopic (exact) mass is 445 g/mol. The molecule has 5 rings (SSSR count). The number of fused-ring (bicyclic) bond motifs is 2. The second kappa shape index (κ2) is 8.36. The second-order valence-electron chi connectivity index (χ2n) is 7.62. The van der Waals surface area contributed by atoms with Crippen LogP contribution in [-0.4, -0.2) is 30.5 Å². The van der Waals surface area contributed by atoms with Crippen molar-refractivity contribution in [3.8, 4) is 11.8 Å². The first-order valence-electron chi connectivity index (χ1n) is 10.4. The van der Waals surface area contributed by atoms with Crippen LogP contribution in [0.3, 0.4) is 0 Å². The minimum Gasteiger partial charge on any atom is -0.315 e. The third-order valence-corrected chi connectivity index (χ3v) is 6.74. The van der Waals surface area contributed by atoms with Gasteiger partial charge in [-0.05, 0) is 43.4 Å². The fourth-order valence-electron chi connectivity index (χ4n) is 3.97. The van der Waals surface area contributed by atoms with E-state index in [4.69, 9.17) is 0 Å². The summed E-state index contributed by atoms with van der Waals surface area (Å²) >= 11 is 1.46. The quantitative estimate of drug-likeness (QED) is 0.483. The van der Waals surface area contributed by atoms with Crippen molar-refractivity contribution < 1.29 is 4.79 Å². The number of hydrogen-bond donors (Lipinski definition) is 1. The summed E-state index contributed by atoms with van der Waals surface area (Å²) in [5.74, 6) is -0.392. The van der Waals surface area contributed by atoms with Crippen LogP contribution in [0.1, 0.15) is 35.3 Å². The van der Waals surface area contributed by atoms with Gasteiger partial charge in [0.2, 0.25) is 5.91 Å². The lowest BCUT2D eigenvalue weighted by Gasteiger charge is -2.07. The number of aryl methyl sites for hydroxylation is 1. The number of nitrogens with one attached hydrogen (secondary N) is 1. The number of thiophene rings is 1. The van der Waals surface area contributed by atoms with Gasteiger partial charge in [-0.3, -0.25) is 14.2 Å². The highest BCUT2D eigenvalue weighted by Gasteiger charge is 2.21. The molecule has 4 aromatic rings. The number of nitrogens with zero attached hydrogens (tertiary/aromatic N) is 6. The summed E-state index contributed by atoms with van der Waals surface area (Å²) in [4.78, 5) is 31.0. The van der Waals surface area contributed by atoms with Gasteiger partial charge in [0, 0.05) is 4.88 Å². The average Bonchev–Trinajstić information content (AvgIpc) is 3.30. The maximum absolute atomic E-state index is 12.9. The Bertz CT molecular complexity index is 1410. The van der Waals surface area contributed by atoms with Crippen LogP contribution < -0.4 is 10.9 Å². The highest BCUT2D eigenvalue weighted by atomic mass is 32.1. The van der Waals surface area contributed by atoms with Crippen molar-refractivity contribution in [2.24, 2.45) is 0 Å². The van der Waals surface area contributed by atoms with Crippen molar-refractivity contribution in [2.75, 3.05) is 5.32 Å². The third-order valence-electron chi connectivity index (χ3n) is 5.53. The van der Waals surface area contributed by atoms with Gasteiger partial charge in [0.15, 0.2) is 11.2 Å². The summed E-state index contributed by atoms with van der Waals surface area (Å²) in [6.07, 6.45) is 6.42. The molecule has 0 fully saturated rings. The molecule has 1 aromatic carbocycles. The molecule has 0 saturated carbocycles. The van der Waals surface area contributed by atoms with Crippen molar-refractivity contribution in [1.82, 2.24) is 24.5 Å². The van der Waals surface area contributed by atoms with E-state index in [9.17, 15) is 14.9 Å². The van der Waals surface area contributed by atoms with E-state index in [2.05, 4.69) is 26.7 Å². The SMILES string of the molecule is N#Cc1c(NC(=O)Cn2cnc3c(nnn3-c3ccccc3)c2=O)sc2c1CCCCC2. The number of rotatable bonds is 4.